The summed E-state index contributed by atoms with van der Waals surface area (Å²) in [4.78, 5) is 80.1. The average Bonchev–Trinajstić information content (AvgIpc) is 3.80. The molecule has 0 saturated carbocycles. The van der Waals surface area contributed by atoms with Crippen LogP contribution in [0.3, 0.4) is 0 Å². The van der Waals surface area contributed by atoms with Crippen LogP contribution >= 0.6 is 0 Å². The van der Waals surface area contributed by atoms with Crippen molar-refractivity contribution in [2.75, 3.05) is 33.9 Å². The van der Waals surface area contributed by atoms with Crippen LogP contribution in [0, 0.1) is 0 Å². The molecule has 274 valence electrons. The smallest absolute Gasteiger partial charge is 0.410 e. The fraction of sp³-hybridized carbons (Fsp3) is 0.514. The van der Waals surface area contributed by atoms with Crippen molar-refractivity contribution in [2.24, 2.45) is 0 Å². The van der Waals surface area contributed by atoms with Gasteiger partial charge in [0, 0.05) is 43.1 Å². The molecule has 1 aromatic carbocycles. The van der Waals surface area contributed by atoms with E-state index in [1.165, 1.54) is 44.3 Å². The zero-order valence-electron chi connectivity index (χ0n) is 29.5. The lowest BCUT2D eigenvalue weighted by Gasteiger charge is -2.35. The van der Waals surface area contributed by atoms with Gasteiger partial charge in [-0.3, -0.25) is 14.6 Å². The van der Waals surface area contributed by atoms with Gasteiger partial charge in [0.25, 0.3) is 0 Å². The molecule has 4 bridgehead atoms. The first-order chi connectivity index (χ1) is 24.6. The van der Waals surface area contributed by atoms with E-state index in [1.54, 1.807) is 22.9 Å². The molecule has 0 aliphatic carbocycles. The van der Waals surface area contributed by atoms with E-state index in [0.717, 1.165) is 38.8 Å². The minimum atomic E-state index is -0.737. The largest absolute Gasteiger partial charge is 0.465 e. The minimum absolute atomic E-state index is 0.0244. The Morgan fingerprint density at radius 2 is 1.63 bits per heavy atom. The number of rotatable bonds is 5. The molecule has 5 aliphatic rings. The van der Waals surface area contributed by atoms with Crippen LogP contribution in [-0.2, 0) is 41.4 Å². The van der Waals surface area contributed by atoms with Crippen LogP contribution in [0.25, 0.3) is 0 Å². The standard InChI is InChI=1S/C15H17NO6.C15H19NO2.C6H9NO.CO2/c1-3-21-15(19)16-8-4-5-11(16)9-7-10(13(17)20-2)14(18)22-12(9)6-8;1-3-16-12-6-7-14(16)13-9-11(15(17)18-2)5-4-10(13)8-12;1-2-7-5-3-4-6(7)8;2-1-3/h7-8,11H,3-6H2,1-2H3;4-5,9,12,14H,3,6-8H2,1-2H3;2H,1,3-5H2;. The van der Waals surface area contributed by atoms with Crippen molar-refractivity contribution in [2.45, 2.75) is 89.4 Å². The highest BCUT2D eigenvalue weighted by molar-refractivity contribution is 5.90. The SMILES string of the molecule is C=CN1CCCC1=O.CCN1C2CCC1c1cc(C(=O)OC)ccc1C2.CCOC(=O)N1C2CCC1c1cc(C(=O)OC)c(=O)oc1C2.O=C=O. The van der Waals surface area contributed by atoms with Gasteiger partial charge in [-0.1, -0.05) is 19.6 Å². The van der Waals surface area contributed by atoms with E-state index in [9.17, 15) is 24.0 Å². The van der Waals surface area contributed by atoms with Gasteiger partial charge in [0.05, 0.1) is 32.4 Å². The van der Waals surface area contributed by atoms with Crippen molar-refractivity contribution in [3.05, 3.63) is 81.0 Å². The Morgan fingerprint density at radius 3 is 2.22 bits per heavy atom. The number of fused-ring (bicyclic) bond motifs is 8. The zero-order chi connectivity index (χ0) is 37.2. The molecule has 4 atom stereocenters. The maximum absolute atomic E-state index is 12.1. The molecule has 7 rings (SSSR count). The topological polar surface area (TPSA) is 170 Å². The van der Waals surface area contributed by atoms with E-state index in [1.807, 2.05) is 12.1 Å². The Balaban J connectivity index is 0.000000179. The summed E-state index contributed by atoms with van der Waals surface area (Å²) < 4.78 is 19.8. The van der Waals surface area contributed by atoms with Gasteiger partial charge in [0.1, 0.15) is 11.3 Å². The Hall–Kier alpha value is -5.07. The predicted octanol–water partition coefficient (Wildman–Crippen LogP) is 4.37. The molecule has 51 heavy (non-hydrogen) atoms. The van der Waals surface area contributed by atoms with Crippen LogP contribution in [0.4, 0.5) is 4.79 Å². The lowest BCUT2D eigenvalue weighted by molar-refractivity contribution is -0.191. The van der Waals surface area contributed by atoms with Crippen LogP contribution < -0.4 is 5.63 Å². The summed E-state index contributed by atoms with van der Waals surface area (Å²) in [6.45, 7) is 9.74. The number of methoxy groups -OCH3 is 2. The molecule has 0 N–H and O–H groups in total. The van der Waals surface area contributed by atoms with Gasteiger partial charge >= 0.3 is 29.8 Å². The molecule has 5 aliphatic heterocycles. The summed E-state index contributed by atoms with van der Waals surface area (Å²) in [6, 6.07) is 8.50. The number of amides is 2. The molecule has 1 aromatic heterocycles. The van der Waals surface area contributed by atoms with Gasteiger partial charge in [-0.2, -0.15) is 9.59 Å². The summed E-state index contributed by atoms with van der Waals surface area (Å²) >= 11 is 0. The van der Waals surface area contributed by atoms with Crippen LogP contribution in [0.5, 0.6) is 0 Å². The molecule has 4 unspecified atom stereocenters. The van der Waals surface area contributed by atoms with Gasteiger partial charge in [0.15, 0.2) is 0 Å². The van der Waals surface area contributed by atoms with Crippen LogP contribution in [0.15, 0.2) is 46.3 Å². The first-order valence-corrected chi connectivity index (χ1v) is 17.2. The van der Waals surface area contributed by atoms with Crippen molar-refractivity contribution < 1.29 is 47.4 Å². The number of benzene rings is 1. The third-order valence-electron chi connectivity index (χ3n) is 9.94. The van der Waals surface area contributed by atoms with Crippen LogP contribution in [0.1, 0.15) is 108 Å². The van der Waals surface area contributed by atoms with E-state index in [0.29, 0.717) is 48.4 Å². The predicted molar refractivity (Wildman–Crippen MR) is 180 cm³/mol. The van der Waals surface area contributed by atoms with E-state index in [4.69, 9.17) is 23.5 Å². The normalized spacial score (nSPS) is 21.9. The lowest BCUT2D eigenvalue weighted by atomic mass is 9.91. The van der Waals surface area contributed by atoms with Gasteiger partial charge in [-0.25, -0.2) is 19.2 Å². The first kappa shape index (κ1) is 38.7. The highest BCUT2D eigenvalue weighted by Gasteiger charge is 2.45. The number of likely N-dealkylation sites (tertiary alicyclic amines) is 1. The molecule has 2 amide bonds. The third-order valence-corrected chi connectivity index (χ3v) is 9.94. The molecule has 0 radical (unpaired) electrons. The number of likely N-dealkylation sites (N-methyl/N-ethyl adjacent to an activating group) is 1. The summed E-state index contributed by atoms with van der Waals surface area (Å²) in [5, 5.41) is 0. The number of esters is 2. The highest BCUT2D eigenvalue weighted by Crippen LogP contribution is 2.45. The second kappa shape index (κ2) is 17.7. The summed E-state index contributed by atoms with van der Waals surface area (Å²) in [7, 11) is 2.64. The van der Waals surface area contributed by atoms with Gasteiger partial charge in [-0.05, 0) is 87.5 Å². The Morgan fingerprint density at radius 1 is 0.941 bits per heavy atom. The van der Waals surface area contributed by atoms with Crippen molar-refractivity contribution in [3.8, 4) is 0 Å². The first-order valence-electron chi connectivity index (χ1n) is 17.2. The lowest BCUT2D eigenvalue weighted by Crippen LogP contribution is -2.42. The number of carbonyl (C=O) groups is 4. The summed E-state index contributed by atoms with van der Waals surface area (Å²) in [5.74, 6) is -0.217. The quantitative estimate of drug-likeness (QED) is 0.318. The molecule has 14 nitrogen and oxygen atoms in total. The fourth-order valence-electron chi connectivity index (χ4n) is 7.71. The Labute approximate surface area is 296 Å². The molecular weight excluding hydrogens is 662 g/mol. The summed E-state index contributed by atoms with van der Waals surface area (Å²) in [6.07, 6.45) is 8.82. The number of carbonyl (C=O) groups excluding carboxylic acids is 6. The van der Waals surface area contributed by atoms with Crippen molar-refractivity contribution >= 4 is 30.1 Å². The second-order valence-electron chi connectivity index (χ2n) is 12.5. The molecule has 6 heterocycles. The summed E-state index contributed by atoms with van der Waals surface area (Å²) in [5.41, 5.74) is 3.29. The number of nitrogens with zero attached hydrogens (tertiary/aromatic N) is 3. The third kappa shape index (κ3) is 8.46. The fourth-order valence-corrected chi connectivity index (χ4v) is 7.71. The Bertz CT molecular complexity index is 1710. The van der Waals surface area contributed by atoms with Gasteiger partial charge < -0.3 is 23.5 Å². The van der Waals surface area contributed by atoms with Gasteiger partial charge in [0.2, 0.25) is 5.91 Å². The molecule has 3 saturated heterocycles. The van der Waals surface area contributed by atoms with Crippen molar-refractivity contribution in [3.63, 3.8) is 0 Å². The van der Waals surface area contributed by atoms with Crippen LogP contribution in [-0.4, -0.2) is 90.8 Å². The molecule has 14 heteroatoms. The van der Waals surface area contributed by atoms with Crippen LogP contribution in [0.2, 0.25) is 0 Å². The molecule has 2 aromatic rings. The maximum atomic E-state index is 12.1. The van der Waals surface area contributed by atoms with E-state index >= 15 is 0 Å². The Kier molecular flexibility index (Phi) is 13.5. The number of ether oxygens (including phenoxy) is 3. The van der Waals surface area contributed by atoms with E-state index < -0.39 is 11.6 Å². The average molecular weight is 708 g/mol. The van der Waals surface area contributed by atoms with E-state index in [2.05, 4.69) is 29.2 Å². The maximum Gasteiger partial charge on any atom is 0.410 e. The molecular formula is C37H45N3O11. The zero-order valence-corrected chi connectivity index (χ0v) is 29.5. The van der Waals surface area contributed by atoms with Crippen molar-refractivity contribution in [1.29, 1.82) is 0 Å². The van der Waals surface area contributed by atoms with Gasteiger partial charge in [-0.15, -0.1) is 0 Å². The highest BCUT2D eigenvalue weighted by atomic mass is 16.6. The monoisotopic (exact) mass is 707 g/mol. The minimum Gasteiger partial charge on any atom is -0.465 e. The van der Waals surface area contributed by atoms with E-state index in [-0.39, 0.29) is 41.8 Å². The number of hydrogen-bond acceptors (Lipinski definition) is 12. The number of hydrogen-bond donors (Lipinski definition) is 0. The molecule has 0 spiro atoms. The second-order valence-corrected chi connectivity index (χ2v) is 12.5. The van der Waals surface area contributed by atoms with Crippen molar-refractivity contribution in [1.82, 2.24) is 14.7 Å². The molecule has 3 fully saturated rings.